The summed E-state index contributed by atoms with van der Waals surface area (Å²) >= 11 is 0. The van der Waals surface area contributed by atoms with Gasteiger partial charge in [-0.15, -0.1) is 0 Å². The molecule has 2 aliphatic heterocycles. The second-order valence-corrected chi connectivity index (χ2v) is 9.52. The number of aromatic nitrogens is 2. The van der Waals surface area contributed by atoms with Gasteiger partial charge in [0, 0.05) is 43.6 Å². The fraction of sp³-hybridized carbons (Fsp3) is 0.423. The van der Waals surface area contributed by atoms with Crippen molar-refractivity contribution in [3.05, 3.63) is 53.1 Å². The van der Waals surface area contributed by atoms with Crippen LogP contribution in [0.2, 0.25) is 0 Å². The molecule has 3 aromatic rings. The first-order chi connectivity index (χ1) is 17.6. The molecule has 5 rings (SSSR count). The van der Waals surface area contributed by atoms with E-state index in [1.54, 1.807) is 25.7 Å². The molecule has 0 aliphatic carbocycles. The van der Waals surface area contributed by atoms with Crippen LogP contribution in [-0.4, -0.2) is 64.8 Å². The van der Waals surface area contributed by atoms with Crippen molar-refractivity contribution in [2.24, 2.45) is 0 Å². The molecule has 8 nitrogen and oxygen atoms in total. The predicted octanol–water partition coefficient (Wildman–Crippen LogP) is 3.76. The standard InChI is InChI=1S/C26H28F3N5O3/c1-14(18-5-4-6-20(24(18)27)26(28,29)13-35)30-25-19-9-22-23(10-21(19)31-15(2)32-25)37-12-17-11-33(16(3)36)7-8-34(17)22/h4-6,9-10,14,17,35H,7-8,11-13H2,1-3H3,(H,30,31,32)/t14-,17-/m1/s1. The number of fused-ring (bicyclic) bond motifs is 4. The SMILES string of the molecule is CC(=O)N1CCN2c3cc4c(N[C@H](C)c5cccc(C(F)(F)CO)c5F)nc(C)nc4cc3OC[C@H]2C1. The third kappa shape index (κ3) is 4.52. The van der Waals surface area contributed by atoms with E-state index in [1.165, 1.54) is 12.1 Å². The molecular formula is C26H28F3N5O3. The zero-order valence-corrected chi connectivity index (χ0v) is 20.8. The molecule has 2 aliphatic rings. The first kappa shape index (κ1) is 25.1. The lowest BCUT2D eigenvalue weighted by Crippen LogP contribution is -2.58. The molecule has 0 saturated carbocycles. The number of hydrogen-bond donors (Lipinski definition) is 2. The number of anilines is 2. The van der Waals surface area contributed by atoms with E-state index in [0.717, 1.165) is 11.8 Å². The molecule has 11 heteroatoms. The summed E-state index contributed by atoms with van der Waals surface area (Å²) in [6, 6.07) is 6.79. The number of aryl methyl sites for hydroxylation is 1. The molecule has 3 heterocycles. The van der Waals surface area contributed by atoms with Crippen LogP contribution in [0.25, 0.3) is 10.9 Å². The zero-order chi connectivity index (χ0) is 26.5. The number of piperazine rings is 1. The number of aliphatic hydroxyl groups excluding tert-OH is 1. The fourth-order valence-corrected chi connectivity index (χ4v) is 5.03. The van der Waals surface area contributed by atoms with E-state index < -0.39 is 30.0 Å². The minimum atomic E-state index is -3.69. The number of halogens is 3. The van der Waals surface area contributed by atoms with Gasteiger partial charge in [0.2, 0.25) is 5.91 Å². The van der Waals surface area contributed by atoms with E-state index in [1.807, 2.05) is 12.1 Å². The lowest BCUT2D eigenvalue weighted by molar-refractivity contribution is -0.129. The van der Waals surface area contributed by atoms with Gasteiger partial charge in [-0.25, -0.2) is 14.4 Å². The summed E-state index contributed by atoms with van der Waals surface area (Å²) < 4.78 is 49.3. The van der Waals surface area contributed by atoms with Crippen molar-refractivity contribution in [3.63, 3.8) is 0 Å². The van der Waals surface area contributed by atoms with E-state index >= 15 is 4.39 Å². The van der Waals surface area contributed by atoms with Crippen LogP contribution < -0.4 is 15.0 Å². The van der Waals surface area contributed by atoms with Gasteiger partial charge in [0.25, 0.3) is 5.92 Å². The lowest BCUT2D eigenvalue weighted by Gasteiger charge is -2.45. The van der Waals surface area contributed by atoms with Crippen LogP contribution in [-0.2, 0) is 10.7 Å². The Morgan fingerprint density at radius 1 is 1.30 bits per heavy atom. The van der Waals surface area contributed by atoms with Gasteiger partial charge in [0.1, 0.15) is 36.4 Å². The van der Waals surface area contributed by atoms with Crippen LogP contribution in [0.1, 0.15) is 36.8 Å². The summed E-state index contributed by atoms with van der Waals surface area (Å²) in [5.41, 5.74) is 0.650. The Bertz CT molecular complexity index is 1370. The quantitative estimate of drug-likeness (QED) is 0.535. The summed E-state index contributed by atoms with van der Waals surface area (Å²) in [6.45, 7) is 5.72. The molecule has 0 bridgehead atoms. The second kappa shape index (κ2) is 9.37. The van der Waals surface area contributed by atoms with Crippen molar-refractivity contribution in [2.75, 3.05) is 43.1 Å². The molecule has 196 valence electrons. The number of aliphatic hydroxyl groups is 1. The van der Waals surface area contributed by atoms with Gasteiger partial charge in [-0.2, -0.15) is 8.78 Å². The fourth-order valence-electron chi connectivity index (χ4n) is 5.03. The van der Waals surface area contributed by atoms with Crippen molar-refractivity contribution < 1.29 is 27.8 Å². The number of carbonyl (C=O) groups excluding carboxylic acids is 1. The summed E-state index contributed by atoms with van der Waals surface area (Å²) in [6.07, 6.45) is 0. The van der Waals surface area contributed by atoms with Crippen LogP contribution in [0.4, 0.5) is 24.7 Å². The predicted molar refractivity (Wildman–Crippen MR) is 133 cm³/mol. The minimum Gasteiger partial charge on any atom is -0.489 e. The Hall–Kier alpha value is -3.60. The van der Waals surface area contributed by atoms with Crippen LogP contribution in [0.3, 0.4) is 0 Å². The average Bonchev–Trinajstić information content (AvgIpc) is 2.87. The number of carbonyl (C=O) groups is 1. The number of benzene rings is 2. The molecule has 1 aromatic heterocycles. The highest BCUT2D eigenvalue weighted by molar-refractivity contribution is 5.94. The highest BCUT2D eigenvalue weighted by atomic mass is 19.3. The number of ether oxygens (including phenoxy) is 1. The maximum absolute atomic E-state index is 15.1. The zero-order valence-electron chi connectivity index (χ0n) is 20.8. The van der Waals surface area contributed by atoms with E-state index in [-0.39, 0.29) is 17.5 Å². The Kier molecular flexibility index (Phi) is 6.35. The number of hydrogen-bond acceptors (Lipinski definition) is 7. The third-order valence-corrected chi connectivity index (χ3v) is 7.00. The molecule has 1 saturated heterocycles. The largest absolute Gasteiger partial charge is 0.489 e. The lowest BCUT2D eigenvalue weighted by atomic mass is 10.00. The highest BCUT2D eigenvalue weighted by Crippen LogP contribution is 2.40. The summed E-state index contributed by atoms with van der Waals surface area (Å²) in [7, 11) is 0. The molecule has 2 aromatic carbocycles. The van der Waals surface area contributed by atoms with Gasteiger partial charge in [0.05, 0.1) is 28.9 Å². The van der Waals surface area contributed by atoms with Crippen molar-refractivity contribution in [1.82, 2.24) is 14.9 Å². The molecule has 1 amide bonds. The molecule has 0 unspecified atom stereocenters. The summed E-state index contributed by atoms with van der Waals surface area (Å²) in [5, 5.41) is 12.9. The highest BCUT2D eigenvalue weighted by Gasteiger charge is 2.36. The second-order valence-electron chi connectivity index (χ2n) is 9.52. The normalized spacial score (nSPS) is 18.2. The van der Waals surface area contributed by atoms with E-state index in [9.17, 15) is 13.6 Å². The van der Waals surface area contributed by atoms with E-state index in [2.05, 4.69) is 20.2 Å². The van der Waals surface area contributed by atoms with Crippen LogP contribution in [0.5, 0.6) is 5.75 Å². The van der Waals surface area contributed by atoms with Gasteiger partial charge in [-0.3, -0.25) is 4.79 Å². The maximum Gasteiger partial charge on any atom is 0.298 e. The van der Waals surface area contributed by atoms with Gasteiger partial charge >= 0.3 is 0 Å². The van der Waals surface area contributed by atoms with Crippen LogP contribution >= 0.6 is 0 Å². The maximum atomic E-state index is 15.1. The van der Waals surface area contributed by atoms with E-state index in [0.29, 0.717) is 54.5 Å². The topological polar surface area (TPSA) is 90.8 Å². The molecular weight excluding hydrogens is 487 g/mol. The number of amides is 1. The Morgan fingerprint density at radius 3 is 2.81 bits per heavy atom. The number of nitrogens with zero attached hydrogens (tertiary/aromatic N) is 4. The average molecular weight is 516 g/mol. The van der Waals surface area contributed by atoms with Gasteiger partial charge in [-0.05, 0) is 26.0 Å². The number of rotatable bonds is 5. The third-order valence-electron chi connectivity index (χ3n) is 7.00. The smallest absolute Gasteiger partial charge is 0.298 e. The molecule has 0 radical (unpaired) electrons. The Labute approximate surface area is 212 Å². The molecule has 0 spiro atoms. The first-order valence-corrected chi connectivity index (χ1v) is 12.1. The monoisotopic (exact) mass is 515 g/mol. The van der Waals surface area contributed by atoms with Gasteiger partial charge < -0.3 is 25.0 Å². The van der Waals surface area contributed by atoms with Gasteiger partial charge in [0.15, 0.2) is 0 Å². The number of nitrogens with one attached hydrogen (secondary N) is 1. The molecule has 2 N–H and O–H groups in total. The van der Waals surface area contributed by atoms with Crippen molar-refractivity contribution in [3.8, 4) is 5.75 Å². The van der Waals surface area contributed by atoms with Crippen LogP contribution in [0.15, 0.2) is 30.3 Å². The van der Waals surface area contributed by atoms with E-state index in [4.69, 9.17) is 9.84 Å². The van der Waals surface area contributed by atoms with Crippen molar-refractivity contribution in [2.45, 2.75) is 38.8 Å². The molecule has 2 atom stereocenters. The first-order valence-electron chi connectivity index (χ1n) is 12.1. The summed E-state index contributed by atoms with van der Waals surface area (Å²) in [5.74, 6) is -3.15. The minimum absolute atomic E-state index is 0.00864. The molecule has 37 heavy (non-hydrogen) atoms. The van der Waals surface area contributed by atoms with Crippen molar-refractivity contribution >= 4 is 28.3 Å². The molecule has 1 fully saturated rings. The Balaban J connectivity index is 1.51. The van der Waals surface area contributed by atoms with Crippen LogP contribution in [0, 0.1) is 12.7 Å². The Morgan fingerprint density at radius 2 is 2.08 bits per heavy atom. The van der Waals surface area contributed by atoms with Crippen molar-refractivity contribution in [1.29, 1.82) is 0 Å². The summed E-state index contributed by atoms with van der Waals surface area (Å²) in [4.78, 5) is 24.9. The number of alkyl halides is 2. The van der Waals surface area contributed by atoms with Gasteiger partial charge in [-0.1, -0.05) is 12.1 Å².